The zero-order valence-electron chi connectivity index (χ0n) is 12.7. The molecule has 2 unspecified atom stereocenters. The highest BCUT2D eigenvalue weighted by Gasteiger charge is 2.18. The highest BCUT2D eigenvalue weighted by atomic mass is 32.2. The van der Waals surface area contributed by atoms with E-state index in [-0.39, 0.29) is 11.9 Å². The van der Waals surface area contributed by atoms with Crippen molar-refractivity contribution in [3.8, 4) is 0 Å². The van der Waals surface area contributed by atoms with Crippen LogP contribution in [-0.2, 0) is 14.8 Å². The van der Waals surface area contributed by atoms with E-state index in [2.05, 4.69) is 10.0 Å². The van der Waals surface area contributed by atoms with Crippen LogP contribution in [0.15, 0.2) is 29.2 Å². The van der Waals surface area contributed by atoms with E-state index in [1.807, 2.05) is 38.1 Å². The van der Waals surface area contributed by atoms with Crippen molar-refractivity contribution in [3.05, 3.63) is 29.8 Å². The Morgan fingerprint density at radius 2 is 1.81 bits per heavy atom. The van der Waals surface area contributed by atoms with E-state index in [1.54, 1.807) is 11.8 Å². The molecule has 1 amide bonds. The molecular formula is C14H22N2O3S2. The summed E-state index contributed by atoms with van der Waals surface area (Å²) in [4.78, 5) is 13.0. The van der Waals surface area contributed by atoms with Gasteiger partial charge < -0.3 is 5.32 Å². The fourth-order valence-electron chi connectivity index (χ4n) is 1.64. The summed E-state index contributed by atoms with van der Waals surface area (Å²) in [6.45, 7) is 5.45. The van der Waals surface area contributed by atoms with Crippen molar-refractivity contribution >= 4 is 27.7 Å². The van der Waals surface area contributed by atoms with Crippen molar-refractivity contribution in [3.63, 3.8) is 0 Å². The smallest absolute Gasteiger partial charge is 0.238 e. The fraction of sp³-hybridized carbons (Fsp3) is 0.500. The van der Waals surface area contributed by atoms with Gasteiger partial charge in [-0.2, -0.15) is 0 Å². The molecule has 5 nitrogen and oxygen atoms in total. The molecular weight excluding hydrogens is 308 g/mol. The van der Waals surface area contributed by atoms with Crippen LogP contribution >= 0.6 is 11.8 Å². The number of sulfonamides is 1. The first-order valence-electron chi connectivity index (χ1n) is 6.64. The number of amides is 1. The van der Waals surface area contributed by atoms with Crippen LogP contribution in [-0.4, -0.2) is 38.4 Å². The van der Waals surface area contributed by atoms with E-state index < -0.39 is 16.1 Å². The molecule has 0 saturated carbocycles. The molecule has 1 aromatic rings. The molecule has 1 rings (SSSR count). The van der Waals surface area contributed by atoms with Crippen molar-refractivity contribution < 1.29 is 13.2 Å². The van der Waals surface area contributed by atoms with Gasteiger partial charge in [-0.1, -0.05) is 17.7 Å². The standard InChI is InChI=1S/C14H22N2O3S2/c1-10-5-7-13(8-6-10)20-9-11(2)15-14(17)12(3)16-21(4,18)19/h5-8,11-12,16H,9H2,1-4H3,(H,15,17). The van der Waals surface area contributed by atoms with Crippen LogP contribution in [0.3, 0.4) is 0 Å². The number of aryl methyl sites for hydroxylation is 1. The van der Waals surface area contributed by atoms with Crippen LogP contribution in [0.2, 0.25) is 0 Å². The second kappa shape index (κ2) is 7.82. The number of hydrogen-bond acceptors (Lipinski definition) is 4. The topological polar surface area (TPSA) is 75.3 Å². The maximum Gasteiger partial charge on any atom is 0.238 e. The fourth-order valence-corrected chi connectivity index (χ4v) is 3.24. The molecule has 0 aromatic heterocycles. The van der Waals surface area contributed by atoms with Gasteiger partial charge in [-0.3, -0.25) is 4.79 Å². The molecule has 0 aliphatic rings. The Morgan fingerprint density at radius 1 is 1.24 bits per heavy atom. The molecule has 1 aromatic carbocycles. The van der Waals surface area contributed by atoms with Gasteiger partial charge >= 0.3 is 0 Å². The molecule has 0 bridgehead atoms. The lowest BCUT2D eigenvalue weighted by atomic mass is 10.2. The second-order valence-corrected chi connectivity index (χ2v) is 8.02. The van der Waals surface area contributed by atoms with E-state index in [1.165, 1.54) is 12.5 Å². The number of nitrogens with one attached hydrogen (secondary N) is 2. The molecule has 0 aliphatic carbocycles. The first-order chi connectivity index (χ1) is 9.67. The molecule has 118 valence electrons. The predicted octanol–water partition coefficient (Wildman–Crippen LogP) is 1.53. The van der Waals surface area contributed by atoms with Gasteiger partial charge in [0.05, 0.1) is 12.3 Å². The quantitative estimate of drug-likeness (QED) is 0.744. The Balaban J connectivity index is 2.40. The number of rotatable bonds is 7. The third-order valence-electron chi connectivity index (χ3n) is 2.69. The van der Waals surface area contributed by atoms with Crippen LogP contribution in [0, 0.1) is 6.92 Å². The van der Waals surface area contributed by atoms with Gasteiger partial charge in [0.2, 0.25) is 15.9 Å². The third-order valence-corrected chi connectivity index (χ3v) is 4.75. The Hall–Kier alpha value is -1.05. The monoisotopic (exact) mass is 330 g/mol. The van der Waals surface area contributed by atoms with Crippen LogP contribution in [0.1, 0.15) is 19.4 Å². The number of benzene rings is 1. The third kappa shape index (κ3) is 7.50. The summed E-state index contributed by atoms with van der Waals surface area (Å²) in [6.07, 6.45) is 1.04. The first kappa shape index (κ1) is 18.0. The lowest BCUT2D eigenvalue weighted by molar-refractivity contribution is -0.122. The normalized spacial score (nSPS) is 14.5. The summed E-state index contributed by atoms with van der Waals surface area (Å²) in [5.74, 6) is 0.401. The van der Waals surface area contributed by atoms with Crippen LogP contribution in [0.25, 0.3) is 0 Å². The maximum atomic E-state index is 11.8. The average molecular weight is 330 g/mol. The minimum atomic E-state index is -3.38. The summed E-state index contributed by atoms with van der Waals surface area (Å²) in [5, 5.41) is 2.80. The van der Waals surface area contributed by atoms with Crippen molar-refractivity contribution in [2.24, 2.45) is 0 Å². The van der Waals surface area contributed by atoms with Crippen molar-refractivity contribution in [1.82, 2.24) is 10.0 Å². The molecule has 0 fully saturated rings. The molecule has 0 heterocycles. The SMILES string of the molecule is Cc1ccc(SCC(C)NC(=O)C(C)NS(C)(=O)=O)cc1. The summed E-state index contributed by atoms with van der Waals surface area (Å²) in [5.41, 5.74) is 1.21. The zero-order valence-corrected chi connectivity index (χ0v) is 14.3. The van der Waals surface area contributed by atoms with Gasteiger partial charge in [0.25, 0.3) is 0 Å². The summed E-state index contributed by atoms with van der Waals surface area (Å²) in [7, 11) is -3.38. The Labute approximate surface area is 130 Å². The second-order valence-electron chi connectivity index (χ2n) is 5.15. The Bertz CT molecular complexity index is 570. The van der Waals surface area contributed by atoms with Gasteiger partial charge in [0.1, 0.15) is 0 Å². The first-order valence-corrected chi connectivity index (χ1v) is 9.52. The molecule has 2 N–H and O–H groups in total. The van der Waals surface area contributed by atoms with Crippen molar-refractivity contribution in [2.45, 2.75) is 37.8 Å². The highest BCUT2D eigenvalue weighted by molar-refractivity contribution is 7.99. The lowest BCUT2D eigenvalue weighted by Gasteiger charge is -2.17. The number of thioether (sulfide) groups is 1. The average Bonchev–Trinajstić information content (AvgIpc) is 2.36. The Morgan fingerprint density at radius 3 is 2.33 bits per heavy atom. The van der Waals surface area contributed by atoms with Gasteiger partial charge in [0.15, 0.2) is 0 Å². The molecule has 0 saturated heterocycles. The minimum absolute atomic E-state index is 0.0485. The van der Waals surface area contributed by atoms with E-state index in [0.717, 1.165) is 16.9 Å². The highest BCUT2D eigenvalue weighted by Crippen LogP contribution is 2.19. The van der Waals surface area contributed by atoms with E-state index in [9.17, 15) is 13.2 Å². The number of carbonyl (C=O) groups excluding carboxylic acids is 1. The molecule has 2 atom stereocenters. The van der Waals surface area contributed by atoms with E-state index in [0.29, 0.717) is 0 Å². The van der Waals surface area contributed by atoms with Crippen LogP contribution in [0.5, 0.6) is 0 Å². The number of carbonyl (C=O) groups is 1. The maximum absolute atomic E-state index is 11.8. The predicted molar refractivity (Wildman–Crippen MR) is 86.9 cm³/mol. The summed E-state index contributed by atoms with van der Waals surface area (Å²) >= 11 is 1.65. The van der Waals surface area contributed by atoms with Gasteiger partial charge in [-0.25, -0.2) is 13.1 Å². The molecule has 21 heavy (non-hydrogen) atoms. The van der Waals surface area contributed by atoms with Gasteiger partial charge in [-0.05, 0) is 32.9 Å². The van der Waals surface area contributed by atoms with E-state index >= 15 is 0 Å². The van der Waals surface area contributed by atoms with Crippen LogP contribution < -0.4 is 10.0 Å². The number of hydrogen-bond donors (Lipinski definition) is 2. The summed E-state index contributed by atoms with van der Waals surface area (Å²) in [6, 6.07) is 7.36. The lowest BCUT2D eigenvalue weighted by Crippen LogP contribution is -2.47. The minimum Gasteiger partial charge on any atom is -0.351 e. The van der Waals surface area contributed by atoms with Gasteiger partial charge in [-0.15, -0.1) is 11.8 Å². The largest absolute Gasteiger partial charge is 0.351 e. The van der Waals surface area contributed by atoms with Crippen LogP contribution in [0.4, 0.5) is 0 Å². The van der Waals surface area contributed by atoms with Gasteiger partial charge in [0, 0.05) is 16.7 Å². The molecule has 0 radical (unpaired) electrons. The Kier molecular flexibility index (Phi) is 6.70. The van der Waals surface area contributed by atoms with Crippen molar-refractivity contribution in [1.29, 1.82) is 0 Å². The van der Waals surface area contributed by atoms with E-state index in [4.69, 9.17) is 0 Å². The molecule has 0 spiro atoms. The molecule has 7 heteroatoms. The summed E-state index contributed by atoms with van der Waals surface area (Å²) < 4.78 is 24.4. The molecule has 0 aliphatic heterocycles. The van der Waals surface area contributed by atoms with Crippen molar-refractivity contribution in [2.75, 3.05) is 12.0 Å². The zero-order chi connectivity index (χ0) is 16.0.